The molecule has 132 valence electrons. The number of rotatable bonds is 5. The zero-order valence-corrected chi connectivity index (χ0v) is 13.7. The molecule has 3 rings (SSSR count). The van der Waals surface area contributed by atoms with Crippen molar-refractivity contribution in [2.24, 2.45) is 0 Å². The molecule has 0 spiro atoms. The van der Waals surface area contributed by atoms with Crippen molar-refractivity contribution in [2.75, 3.05) is 0 Å². The Kier molecular flexibility index (Phi) is 5.17. The van der Waals surface area contributed by atoms with Crippen LogP contribution in [0.2, 0.25) is 0 Å². The number of aromatic nitrogens is 2. The van der Waals surface area contributed by atoms with Crippen LogP contribution in [-0.2, 0) is 9.53 Å². The lowest BCUT2D eigenvalue weighted by Crippen LogP contribution is -2.06. The van der Waals surface area contributed by atoms with Crippen LogP contribution in [0.4, 0.5) is 8.78 Å². The highest BCUT2D eigenvalue weighted by atomic mass is 19.1. The number of carbonyl (C=O) groups excluding carboxylic acids is 1. The van der Waals surface area contributed by atoms with Crippen LogP contribution in [0, 0.1) is 11.6 Å². The van der Waals surface area contributed by atoms with E-state index in [-0.39, 0.29) is 23.2 Å². The lowest BCUT2D eigenvalue weighted by Gasteiger charge is -2.06. The molecule has 0 saturated heterocycles. The summed E-state index contributed by atoms with van der Waals surface area (Å²) in [5, 5.41) is 7.68. The van der Waals surface area contributed by atoms with Crippen molar-refractivity contribution in [3.8, 4) is 11.5 Å². The van der Waals surface area contributed by atoms with Gasteiger partial charge in [0.1, 0.15) is 11.6 Å². The van der Waals surface area contributed by atoms with Gasteiger partial charge in [0.25, 0.3) is 5.89 Å². The lowest BCUT2D eigenvalue weighted by atomic mass is 10.2. The molecule has 3 aromatic rings. The molecule has 0 saturated carbocycles. The third kappa shape index (κ3) is 4.18. The van der Waals surface area contributed by atoms with Crippen molar-refractivity contribution in [3.05, 3.63) is 77.7 Å². The van der Waals surface area contributed by atoms with Crippen LogP contribution in [0.5, 0.6) is 0 Å². The Morgan fingerprint density at radius 3 is 2.58 bits per heavy atom. The van der Waals surface area contributed by atoms with Crippen molar-refractivity contribution in [3.63, 3.8) is 0 Å². The first-order valence-corrected chi connectivity index (χ1v) is 7.75. The number of esters is 1. The Morgan fingerprint density at radius 2 is 1.85 bits per heavy atom. The molecule has 0 fully saturated rings. The summed E-state index contributed by atoms with van der Waals surface area (Å²) in [6.45, 7) is 1.57. The number of halogens is 2. The predicted octanol–water partition coefficient (Wildman–Crippen LogP) is 4.33. The summed E-state index contributed by atoms with van der Waals surface area (Å²) < 4.78 is 37.1. The maximum atomic E-state index is 13.5. The van der Waals surface area contributed by atoms with Crippen LogP contribution in [-0.4, -0.2) is 16.2 Å². The van der Waals surface area contributed by atoms with E-state index in [9.17, 15) is 13.6 Å². The van der Waals surface area contributed by atoms with Crippen molar-refractivity contribution in [1.82, 2.24) is 10.2 Å². The summed E-state index contributed by atoms with van der Waals surface area (Å²) in [7, 11) is 0. The fourth-order valence-electron chi connectivity index (χ4n) is 2.14. The van der Waals surface area contributed by atoms with Gasteiger partial charge in [0.15, 0.2) is 6.10 Å². The Morgan fingerprint density at radius 1 is 1.12 bits per heavy atom. The van der Waals surface area contributed by atoms with Crippen LogP contribution in [0.15, 0.2) is 59.0 Å². The average Bonchev–Trinajstić information content (AvgIpc) is 3.12. The van der Waals surface area contributed by atoms with Gasteiger partial charge in [-0.05, 0) is 43.3 Å². The molecule has 2 aromatic carbocycles. The summed E-state index contributed by atoms with van der Waals surface area (Å²) in [5.74, 6) is -1.22. The highest BCUT2D eigenvalue weighted by molar-refractivity contribution is 5.87. The minimum Gasteiger partial charge on any atom is -0.449 e. The molecule has 1 heterocycles. The van der Waals surface area contributed by atoms with Crippen LogP contribution in [0.1, 0.15) is 24.5 Å². The van der Waals surface area contributed by atoms with E-state index < -0.39 is 17.9 Å². The van der Waals surface area contributed by atoms with Gasteiger partial charge in [-0.2, -0.15) is 0 Å². The second-order valence-electron chi connectivity index (χ2n) is 5.39. The SMILES string of the molecule is C[C@H](OC(=O)/C=C/c1ccccc1F)c1nnc(-c2ccc(F)cc2)o1. The molecule has 0 bridgehead atoms. The number of hydrogen-bond donors (Lipinski definition) is 0. The summed E-state index contributed by atoms with van der Waals surface area (Å²) in [5.41, 5.74) is 0.816. The molecule has 1 aromatic heterocycles. The van der Waals surface area contributed by atoms with Gasteiger partial charge in [0.2, 0.25) is 5.89 Å². The van der Waals surface area contributed by atoms with Gasteiger partial charge < -0.3 is 9.15 Å². The van der Waals surface area contributed by atoms with Gasteiger partial charge in [0, 0.05) is 17.2 Å². The van der Waals surface area contributed by atoms with Gasteiger partial charge in [-0.25, -0.2) is 13.6 Å². The second kappa shape index (κ2) is 7.69. The molecular formula is C19H14F2N2O3. The molecule has 1 atom stereocenters. The van der Waals surface area contributed by atoms with Crippen molar-refractivity contribution in [2.45, 2.75) is 13.0 Å². The third-order valence-corrected chi connectivity index (χ3v) is 3.48. The van der Waals surface area contributed by atoms with E-state index in [2.05, 4.69) is 10.2 Å². The minimum absolute atomic E-state index is 0.0944. The van der Waals surface area contributed by atoms with E-state index in [0.717, 1.165) is 6.08 Å². The molecule has 0 unspecified atom stereocenters. The van der Waals surface area contributed by atoms with Gasteiger partial charge in [-0.1, -0.05) is 18.2 Å². The number of nitrogens with zero attached hydrogens (tertiary/aromatic N) is 2. The molecule has 5 nitrogen and oxygen atoms in total. The first kappa shape index (κ1) is 17.5. The van der Waals surface area contributed by atoms with Crippen LogP contribution >= 0.6 is 0 Å². The molecule has 0 amide bonds. The van der Waals surface area contributed by atoms with Gasteiger partial charge in [-0.15, -0.1) is 10.2 Å². The van der Waals surface area contributed by atoms with E-state index in [0.29, 0.717) is 5.56 Å². The normalized spacial score (nSPS) is 12.3. The Hall–Kier alpha value is -3.35. The Labute approximate surface area is 147 Å². The highest BCUT2D eigenvalue weighted by Crippen LogP contribution is 2.22. The van der Waals surface area contributed by atoms with Gasteiger partial charge >= 0.3 is 5.97 Å². The number of carbonyl (C=O) groups is 1. The standard InChI is InChI=1S/C19H14F2N2O3/c1-12(25-17(24)11-8-13-4-2-3-5-16(13)21)18-22-23-19(26-18)14-6-9-15(20)10-7-14/h2-12H,1H3/b11-8+/t12-/m0/s1. The van der Waals surface area contributed by atoms with Crippen molar-refractivity contribution < 1.29 is 22.7 Å². The smallest absolute Gasteiger partial charge is 0.331 e. The zero-order chi connectivity index (χ0) is 18.5. The third-order valence-electron chi connectivity index (χ3n) is 3.48. The second-order valence-corrected chi connectivity index (χ2v) is 5.39. The zero-order valence-electron chi connectivity index (χ0n) is 13.7. The lowest BCUT2D eigenvalue weighted by molar-refractivity contribution is -0.143. The maximum absolute atomic E-state index is 13.5. The van der Waals surface area contributed by atoms with E-state index >= 15 is 0 Å². The van der Waals surface area contributed by atoms with E-state index in [1.165, 1.54) is 42.5 Å². The molecule has 0 aliphatic rings. The summed E-state index contributed by atoms with van der Waals surface area (Å²) >= 11 is 0. The maximum Gasteiger partial charge on any atom is 0.331 e. The monoisotopic (exact) mass is 356 g/mol. The molecular weight excluding hydrogens is 342 g/mol. The fourth-order valence-corrected chi connectivity index (χ4v) is 2.14. The topological polar surface area (TPSA) is 65.2 Å². The van der Waals surface area contributed by atoms with Crippen molar-refractivity contribution >= 4 is 12.0 Å². The van der Waals surface area contributed by atoms with E-state index in [4.69, 9.17) is 9.15 Å². The molecule has 0 aliphatic heterocycles. The first-order valence-electron chi connectivity index (χ1n) is 7.75. The molecule has 7 heteroatoms. The predicted molar refractivity (Wildman–Crippen MR) is 89.6 cm³/mol. The fraction of sp³-hybridized carbons (Fsp3) is 0.105. The molecule has 0 radical (unpaired) electrons. The summed E-state index contributed by atoms with van der Waals surface area (Å²) in [4.78, 5) is 11.9. The van der Waals surface area contributed by atoms with Gasteiger partial charge in [0.05, 0.1) is 0 Å². The summed E-state index contributed by atoms with van der Waals surface area (Å²) in [6, 6.07) is 11.6. The van der Waals surface area contributed by atoms with Crippen LogP contribution in [0.3, 0.4) is 0 Å². The summed E-state index contributed by atoms with van der Waals surface area (Å²) in [6.07, 6.45) is 1.64. The number of hydrogen-bond acceptors (Lipinski definition) is 5. The largest absolute Gasteiger partial charge is 0.449 e. The molecule has 0 aliphatic carbocycles. The average molecular weight is 356 g/mol. The Balaban J connectivity index is 1.64. The van der Waals surface area contributed by atoms with Crippen molar-refractivity contribution in [1.29, 1.82) is 0 Å². The number of benzene rings is 2. The number of ether oxygens (including phenoxy) is 1. The van der Waals surface area contributed by atoms with E-state index in [1.807, 2.05) is 0 Å². The van der Waals surface area contributed by atoms with Crippen LogP contribution in [0.25, 0.3) is 17.5 Å². The van der Waals surface area contributed by atoms with Crippen LogP contribution < -0.4 is 0 Å². The molecule has 0 N–H and O–H groups in total. The molecule has 26 heavy (non-hydrogen) atoms. The minimum atomic E-state index is -0.797. The van der Waals surface area contributed by atoms with E-state index in [1.54, 1.807) is 19.1 Å². The highest BCUT2D eigenvalue weighted by Gasteiger charge is 2.18. The first-order chi connectivity index (χ1) is 12.5. The Bertz CT molecular complexity index is 936. The quantitative estimate of drug-likeness (QED) is 0.503. The van der Waals surface area contributed by atoms with Gasteiger partial charge in [-0.3, -0.25) is 0 Å².